The Morgan fingerprint density at radius 2 is 0.839 bits per heavy atom. The molecule has 10 aromatic rings. The van der Waals surface area contributed by atoms with Crippen LogP contribution < -0.4 is 0 Å². The van der Waals surface area contributed by atoms with E-state index in [2.05, 4.69) is 170 Å². The first-order valence-corrected chi connectivity index (χ1v) is 19.8. The fraction of sp³-hybridized carbons (Fsp3) is 0.0192. The van der Waals surface area contributed by atoms with Crippen LogP contribution in [0.4, 0.5) is 0 Å². The number of thiophene rings is 1. The van der Waals surface area contributed by atoms with E-state index in [1.54, 1.807) is 11.3 Å². The first kappa shape index (κ1) is 31.4. The summed E-state index contributed by atoms with van der Waals surface area (Å²) in [5.74, 6) is 1.97. The van der Waals surface area contributed by atoms with Crippen molar-refractivity contribution < 1.29 is 0 Å². The molecular formula is C52H31N3S. The van der Waals surface area contributed by atoms with Gasteiger partial charge in [-0.2, -0.15) is 0 Å². The molecular weight excluding hydrogens is 699 g/mol. The lowest BCUT2D eigenvalue weighted by atomic mass is 9.70. The fourth-order valence-electron chi connectivity index (χ4n) is 9.51. The minimum absolute atomic E-state index is 0.396. The third kappa shape index (κ3) is 4.36. The smallest absolute Gasteiger partial charge is 0.164 e. The van der Waals surface area contributed by atoms with Gasteiger partial charge >= 0.3 is 0 Å². The molecule has 2 aliphatic carbocycles. The van der Waals surface area contributed by atoms with Crippen LogP contribution >= 0.6 is 11.3 Å². The molecule has 0 saturated carbocycles. The lowest BCUT2D eigenvalue weighted by molar-refractivity contribution is 0.794. The lowest BCUT2D eigenvalue weighted by Gasteiger charge is -2.30. The molecule has 8 aromatic carbocycles. The van der Waals surface area contributed by atoms with E-state index in [1.165, 1.54) is 70.2 Å². The van der Waals surface area contributed by atoms with Gasteiger partial charge in [-0.1, -0.05) is 170 Å². The largest absolute Gasteiger partial charge is 0.208 e. The first-order valence-electron chi connectivity index (χ1n) is 19.0. The zero-order valence-electron chi connectivity index (χ0n) is 30.1. The molecule has 0 radical (unpaired) electrons. The Balaban J connectivity index is 1.07. The highest BCUT2D eigenvalue weighted by Crippen LogP contribution is 2.64. The van der Waals surface area contributed by atoms with Crippen molar-refractivity contribution in [3.05, 3.63) is 210 Å². The maximum absolute atomic E-state index is 5.27. The van der Waals surface area contributed by atoms with Crippen molar-refractivity contribution >= 4 is 31.5 Å². The highest BCUT2D eigenvalue weighted by Gasteiger charge is 2.51. The van der Waals surface area contributed by atoms with Gasteiger partial charge in [-0.25, -0.2) is 15.0 Å². The Labute approximate surface area is 328 Å². The molecule has 1 spiro atoms. The molecule has 3 nitrogen and oxygen atoms in total. The molecule has 12 rings (SSSR count). The van der Waals surface area contributed by atoms with Crippen molar-refractivity contribution in [2.45, 2.75) is 5.41 Å². The van der Waals surface area contributed by atoms with Crippen molar-refractivity contribution in [1.29, 1.82) is 0 Å². The average molecular weight is 730 g/mol. The monoisotopic (exact) mass is 729 g/mol. The SMILES string of the molecule is c1ccc(-c2nc(-c3cccc(-c4cccc5c4-c4ccccc4C54c5ccccc5-c5ccccc54)c3)nc(-c3cccc4sc5ccccc5c34)n2)cc1. The van der Waals surface area contributed by atoms with E-state index in [1.807, 2.05) is 18.2 Å². The van der Waals surface area contributed by atoms with Crippen LogP contribution in [-0.4, -0.2) is 15.0 Å². The van der Waals surface area contributed by atoms with Crippen LogP contribution in [0.5, 0.6) is 0 Å². The molecule has 0 unspecified atom stereocenters. The van der Waals surface area contributed by atoms with E-state index >= 15 is 0 Å². The summed E-state index contributed by atoms with van der Waals surface area (Å²) >= 11 is 1.80. The van der Waals surface area contributed by atoms with Crippen LogP contribution in [0.25, 0.3) is 87.7 Å². The van der Waals surface area contributed by atoms with Gasteiger partial charge in [-0.05, 0) is 73.8 Å². The third-order valence-electron chi connectivity index (χ3n) is 11.8. The Bertz CT molecular complexity index is 3170. The second kappa shape index (κ2) is 12.0. The third-order valence-corrected chi connectivity index (χ3v) is 12.9. The second-order valence-corrected chi connectivity index (χ2v) is 15.7. The number of hydrogen-bond acceptors (Lipinski definition) is 4. The summed E-state index contributed by atoms with van der Waals surface area (Å²) in [5, 5.41) is 2.40. The van der Waals surface area contributed by atoms with Gasteiger partial charge in [0.1, 0.15) is 0 Å². The predicted octanol–water partition coefficient (Wildman–Crippen LogP) is 13.3. The van der Waals surface area contributed by atoms with Gasteiger partial charge in [0.15, 0.2) is 17.5 Å². The maximum atomic E-state index is 5.27. The van der Waals surface area contributed by atoms with E-state index in [0.717, 1.165) is 22.3 Å². The van der Waals surface area contributed by atoms with E-state index in [0.29, 0.717) is 17.5 Å². The Hall–Kier alpha value is -7.01. The van der Waals surface area contributed by atoms with Gasteiger partial charge in [-0.15, -0.1) is 11.3 Å². The van der Waals surface area contributed by atoms with Crippen molar-refractivity contribution in [1.82, 2.24) is 15.0 Å². The number of fused-ring (bicyclic) bond motifs is 13. The summed E-state index contributed by atoms with van der Waals surface area (Å²) in [4.78, 5) is 15.6. The molecule has 0 aliphatic heterocycles. The number of benzene rings is 8. The Kier molecular flexibility index (Phi) is 6.72. The highest BCUT2D eigenvalue weighted by molar-refractivity contribution is 7.25. The highest BCUT2D eigenvalue weighted by atomic mass is 32.1. The van der Waals surface area contributed by atoms with Crippen LogP contribution in [0.3, 0.4) is 0 Å². The van der Waals surface area contributed by atoms with Gasteiger partial charge < -0.3 is 0 Å². The molecule has 2 heterocycles. The van der Waals surface area contributed by atoms with Crippen LogP contribution in [0.1, 0.15) is 22.3 Å². The van der Waals surface area contributed by atoms with E-state index < -0.39 is 5.41 Å². The molecule has 0 atom stereocenters. The molecule has 260 valence electrons. The number of rotatable bonds is 4. The summed E-state index contributed by atoms with van der Waals surface area (Å²) in [6.07, 6.45) is 0. The van der Waals surface area contributed by atoms with Crippen molar-refractivity contribution in [3.8, 4) is 67.5 Å². The van der Waals surface area contributed by atoms with Crippen LogP contribution in [-0.2, 0) is 5.41 Å². The average Bonchev–Trinajstić information content (AvgIpc) is 3.91. The van der Waals surface area contributed by atoms with Crippen molar-refractivity contribution in [3.63, 3.8) is 0 Å². The minimum Gasteiger partial charge on any atom is -0.208 e. The summed E-state index contributed by atoms with van der Waals surface area (Å²) < 4.78 is 2.47. The molecule has 0 saturated heterocycles. The first-order chi connectivity index (χ1) is 27.8. The lowest BCUT2D eigenvalue weighted by Crippen LogP contribution is -2.25. The molecule has 2 aliphatic rings. The predicted molar refractivity (Wildman–Crippen MR) is 231 cm³/mol. The molecule has 0 N–H and O–H groups in total. The van der Waals surface area contributed by atoms with Gasteiger partial charge in [0.2, 0.25) is 0 Å². The maximum Gasteiger partial charge on any atom is 0.164 e. The van der Waals surface area contributed by atoms with Crippen LogP contribution in [0.2, 0.25) is 0 Å². The molecule has 56 heavy (non-hydrogen) atoms. The van der Waals surface area contributed by atoms with E-state index in [4.69, 9.17) is 15.0 Å². The molecule has 0 amide bonds. The zero-order valence-corrected chi connectivity index (χ0v) is 31.0. The number of nitrogens with zero attached hydrogens (tertiary/aromatic N) is 3. The summed E-state index contributed by atoms with van der Waals surface area (Å²) in [5.41, 5.74) is 15.4. The van der Waals surface area contributed by atoms with Crippen molar-refractivity contribution in [2.75, 3.05) is 0 Å². The van der Waals surface area contributed by atoms with E-state index in [9.17, 15) is 0 Å². The minimum atomic E-state index is -0.396. The second-order valence-electron chi connectivity index (χ2n) is 14.6. The van der Waals surface area contributed by atoms with Crippen molar-refractivity contribution in [2.24, 2.45) is 0 Å². The molecule has 2 aromatic heterocycles. The summed E-state index contributed by atoms with van der Waals surface area (Å²) in [7, 11) is 0. The Morgan fingerprint density at radius 3 is 1.62 bits per heavy atom. The van der Waals surface area contributed by atoms with Gasteiger partial charge in [0.05, 0.1) is 5.41 Å². The van der Waals surface area contributed by atoms with Gasteiger partial charge in [-0.3, -0.25) is 0 Å². The summed E-state index contributed by atoms with van der Waals surface area (Å²) in [6, 6.07) is 67.8. The normalized spacial score (nSPS) is 13.1. The van der Waals surface area contributed by atoms with E-state index in [-0.39, 0.29) is 0 Å². The molecule has 0 bridgehead atoms. The van der Waals surface area contributed by atoms with Crippen LogP contribution in [0.15, 0.2) is 188 Å². The summed E-state index contributed by atoms with van der Waals surface area (Å²) in [6.45, 7) is 0. The van der Waals surface area contributed by atoms with Crippen LogP contribution in [0, 0.1) is 0 Å². The van der Waals surface area contributed by atoms with Gasteiger partial charge in [0.25, 0.3) is 0 Å². The Morgan fingerprint density at radius 1 is 0.339 bits per heavy atom. The number of aromatic nitrogens is 3. The zero-order chi connectivity index (χ0) is 36.8. The number of hydrogen-bond donors (Lipinski definition) is 0. The standard InChI is InChI=1S/C52H31N3S/c1-2-15-32(16-3-1)49-53-50(55-51(54-49)40-24-14-30-46-48(40)39-22-7-11-29-45(39)56-46)34-18-12-17-33(31-34)35-23-13-28-44-47(35)38-21-6-10-27-43(38)52(44)41-25-8-4-19-36(41)37-20-5-9-26-42(37)52/h1-31H. The molecule has 0 fully saturated rings. The quantitative estimate of drug-likeness (QED) is 0.181. The topological polar surface area (TPSA) is 38.7 Å². The van der Waals surface area contributed by atoms with Gasteiger partial charge in [0, 0.05) is 36.9 Å². The fourth-order valence-corrected chi connectivity index (χ4v) is 10.6. The molecule has 4 heteroatoms.